The molecule has 0 aliphatic carbocycles. The molecule has 0 spiro atoms. The minimum atomic E-state index is -3.56. The van der Waals surface area contributed by atoms with Gasteiger partial charge in [0.05, 0.1) is 0 Å². The molecular formula is C54H45O4Si3V. The van der Waals surface area contributed by atoms with E-state index >= 15 is 0 Å². The molecule has 9 aromatic rings. The van der Waals surface area contributed by atoms with Gasteiger partial charge >= 0.3 is 371 Å². The van der Waals surface area contributed by atoms with E-state index in [4.69, 9.17) is 10.1 Å². The van der Waals surface area contributed by atoms with Crippen LogP contribution in [0.5, 0.6) is 0 Å². The number of hydrogen-bond donors (Lipinski definition) is 0. The second-order valence-corrected chi connectivity index (χ2v) is 27.9. The molecule has 0 heterocycles. The van der Waals surface area contributed by atoms with E-state index in [0.717, 1.165) is 46.7 Å². The molecule has 0 unspecified atom stereocenters. The summed E-state index contributed by atoms with van der Waals surface area (Å²) >= 11 is -3.56. The molecule has 9 aromatic carbocycles. The maximum atomic E-state index is 8.35. The zero-order valence-electron chi connectivity index (χ0n) is 34.1. The molecule has 4 nitrogen and oxygen atoms in total. The molecule has 0 fully saturated rings. The van der Waals surface area contributed by atoms with Crippen LogP contribution in [0.1, 0.15) is 0 Å². The molecule has 9 rings (SSSR count). The average Bonchev–Trinajstić information content (AvgIpc) is 3.36. The first-order chi connectivity index (χ1) is 30.2. The van der Waals surface area contributed by atoms with Gasteiger partial charge in [-0.05, 0) is 0 Å². The van der Waals surface area contributed by atoms with E-state index < -0.39 is 41.2 Å². The van der Waals surface area contributed by atoms with Crippen LogP contribution in [0.25, 0.3) is 0 Å². The fourth-order valence-electron chi connectivity index (χ4n) is 8.42. The second kappa shape index (κ2) is 19.8. The Balaban J connectivity index is 0.00000529. The Kier molecular flexibility index (Phi) is 13.7. The zero-order valence-corrected chi connectivity index (χ0v) is 38.5. The van der Waals surface area contributed by atoms with Gasteiger partial charge in [-0.15, -0.1) is 0 Å². The average molecular weight is 893 g/mol. The van der Waals surface area contributed by atoms with E-state index in [9.17, 15) is 0 Å². The Morgan fingerprint density at radius 3 is 0.419 bits per heavy atom. The van der Waals surface area contributed by atoms with E-state index in [1.165, 1.54) is 0 Å². The summed E-state index contributed by atoms with van der Waals surface area (Å²) < 4.78 is 25.0. The molecule has 0 atom stereocenters. The van der Waals surface area contributed by atoms with Crippen molar-refractivity contribution >= 4 is 71.6 Å². The van der Waals surface area contributed by atoms with Crippen molar-refractivity contribution in [3.8, 4) is 0 Å². The summed E-state index contributed by atoms with van der Waals surface area (Å²) in [6, 6.07) is 97.1. The van der Waals surface area contributed by atoms with Gasteiger partial charge in [-0.1, -0.05) is 0 Å². The third kappa shape index (κ3) is 8.34. The first-order valence-corrected chi connectivity index (χ1v) is 28.0. The molecule has 8 heteroatoms. The van der Waals surface area contributed by atoms with Crippen LogP contribution in [0.4, 0.5) is 0 Å². The first-order valence-electron chi connectivity index (χ1n) is 20.6. The topological polar surface area (TPSA) is 56.2 Å². The molecule has 302 valence electrons. The van der Waals surface area contributed by atoms with Crippen molar-refractivity contribution in [1.82, 2.24) is 0 Å². The van der Waals surface area contributed by atoms with Gasteiger partial charge in [-0.3, -0.25) is 0 Å². The first kappa shape index (κ1) is 42.7. The van der Waals surface area contributed by atoms with Gasteiger partial charge < -0.3 is 5.48 Å². The van der Waals surface area contributed by atoms with Crippen LogP contribution in [0.15, 0.2) is 273 Å². The Bertz CT molecular complexity index is 2110. The molecule has 62 heavy (non-hydrogen) atoms. The molecule has 0 N–H and O–H groups in total. The van der Waals surface area contributed by atoms with Crippen LogP contribution >= 0.6 is 0 Å². The molecular weight excluding hydrogens is 848 g/mol. The summed E-state index contributed by atoms with van der Waals surface area (Å²) in [6.45, 7) is 0. The van der Waals surface area contributed by atoms with Gasteiger partial charge in [0, 0.05) is 0 Å². The quantitative estimate of drug-likeness (QED) is 0.0901. The van der Waals surface area contributed by atoms with Crippen molar-refractivity contribution in [2.75, 3.05) is 0 Å². The zero-order chi connectivity index (χ0) is 41.2. The summed E-state index contributed by atoms with van der Waals surface area (Å²) in [5.41, 5.74) is 0. The van der Waals surface area contributed by atoms with E-state index in [0.29, 0.717) is 0 Å². The normalized spacial score (nSPS) is 11.6. The predicted octanol–water partition coefficient (Wildman–Crippen LogP) is 6.28. The van der Waals surface area contributed by atoms with Crippen molar-refractivity contribution in [2.45, 2.75) is 0 Å². The summed E-state index contributed by atoms with van der Waals surface area (Å²) in [6.07, 6.45) is 0. The summed E-state index contributed by atoms with van der Waals surface area (Å²) in [5, 5.41) is 10.1. The van der Waals surface area contributed by atoms with Crippen molar-refractivity contribution in [3.05, 3.63) is 273 Å². The van der Waals surface area contributed by atoms with E-state index in [2.05, 4.69) is 273 Å². The Morgan fingerprint density at radius 2 is 0.306 bits per heavy atom. The number of rotatable bonds is 15. The maximum absolute atomic E-state index is 8.35. The van der Waals surface area contributed by atoms with Crippen LogP contribution in [0, 0.1) is 0 Å². The Labute approximate surface area is 374 Å². The molecule has 0 amide bonds. The Morgan fingerprint density at radius 1 is 0.194 bits per heavy atom. The third-order valence-electron chi connectivity index (χ3n) is 11.3. The number of benzene rings is 9. The van der Waals surface area contributed by atoms with Gasteiger partial charge in [-0.25, -0.2) is 0 Å². The molecule has 0 bridgehead atoms. The van der Waals surface area contributed by atoms with Gasteiger partial charge in [-0.2, -0.15) is 0 Å². The van der Waals surface area contributed by atoms with Gasteiger partial charge in [0.25, 0.3) is 0 Å². The summed E-state index contributed by atoms with van der Waals surface area (Å²) in [5.74, 6) is 0. The van der Waals surface area contributed by atoms with Gasteiger partial charge in [0.2, 0.25) is 0 Å². The molecule has 0 radical (unpaired) electrons. The fraction of sp³-hybridized carbons (Fsp3) is 0. The monoisotopic (exact) mass is 892 g/mol. The molecule has 0 aromatic heterocycles. The molecule has 0 saturated carbocycles. The minimum absolute atomic E-state index is 0. The van der Waals surface area contributed by atoms with Crippen LogP contribution in [0.3, 0.4) is 0 Å². The van der Waals surface area contributed by atoms with Crippen LogP contribution < -0.4 is 46.7 Å². The summed E-state index contributed by atoms with van der Waals surface area (Å²) in [4.78, 5) is 0. The molecule has 0 saturated heterocycles. The van der Waals surface area contributed by atoms with E-state index in [1.807, 2.05) is 0 Å². The SMILES string of the molecule is [O-2].c1ccc([Si]([O][V+2]([O][Si](c2ccccc2)(c2ccccc2)c2ccccc2)[O][Si](c2ccccc2)(c2ccccc2)c2ccccc2)(c2ccccc2)c2ccccc2)cc1. The van der Waals surface area contributed by atoms with E-state index in [-0.39, 0.29) is 5.48 Å². The predicted molar refractivity (Wildman–Crippen MR) is 256 cm³/mol. The second-order valence-electron chi connectivity index (χ2n) is 14.8. The van der Waals surface area contributed by atoms with Crippen molar-refractivity contribution < 1.29 is 31.7 Å². The van der Waals surface area contributed by atoms with Crippen molar-refractivity contribution in [3.63, 3.8) is 0 Å². The molecule has 0 aliphatic heterocycles. The summed E-state index contributed by atoms with van der Waals surface area (Å²) in [7, 11) is -10.3. The van der Waals surface area contributed by atoms with Gasteiger partial charge in [0.1, 0.15) is 0 Å². The van der Waals surface area contributed by atoms with E-state index in [1.54, 1.807) is 0 Å². The van der Waals surface area contributed by atoms with Gasteiger partial charge in [0.15, 0.2) is 0 Å². The van der Waals surface area contributed by atoms with Crippen LogP contribution in [0.2, 0.25) is 0 Å². The Hall–Kier alpha value is -5.94. The molecule has 0 aliphatic rings. The van der Waals surface area contributed by atoms with Crippen molar-refractivity contribution in [2.24, 2.45) is 0 Å². The van der Waals surface area contributed by atoms with Crippen LogP contribution in [-0.4, -0.2) is 25.0 Å². The standard InChI is InChI=1S/3C18H15OSi.O.V/c3*19-20(16-10-4-1-5-11-16,17-12-6-2-7-13-17)18-14-8-3-9-15-18;;/h3*1-15H;;/q3*-1;-2;+5. The number of hydrogen-bond acceptors (Lipinski definition) is 3. The van der Waals surface area contributed by atoms with Crippen LogP contribution in [-0.2, 0) is 31.7 Å². The van der Waals surface area contributed by atoms with Crippen molar-refractivity contribution in [1.29, 1.82) is 0 Å². The fourth-order valence-corrected chi connectivity index (χ4v) is 28.6. The third-order valence-corrected chi connectivity index (χ3v) is 28.8.